The summed E-state index contributed by atoms with van der Waals surface area (Å²) in [6, 6.07) is 2.90. The summed E-state index contributed by atoms with van der Waals surface area (Å²) in [4.78, 5) is 13.1. The fourth-order valence-electron chi connectivity index (χ4n) is 4.42. The summed E-state index contributed by atoms with van der Waals surface area (Å²) >= 11 is 6.00. The second-order valence-electron chi connectivity index (χ2n) is 10.8. The van der Waals surface area contributed by atoms with Gasteiger partial charge in [0.05, 0.1) is 23.4 Å². The van der Waals surface area contributed by atoms with E-state index in [1.807, 2.05) is 20.8 Å². The van der Waals surface area contributed by atoms with Crippen molar-refractivity contribution in [2.45, 2.75) is 78.1 Å². The van der Waals surface area contributed by atoms with Crippen molar-refractivity contribution < 1.29 is 31.1 Å². The summed E-state index contributed by atoms with van der Waals surface area (Å²) < 4.78 is 62.8. The average molecular weight is 593 g/mol. The van der Waals surface area contributed by atoms with Crippen molar-refractivity contribution in [3.8, 4) is 17.0 Å². The van der Waals surface area contributed by atoms with Gasteiger partial charge in [0.2, 0.25) is 0 Å². The number of hydrogen-bond acceptors (Lipinski definition) is 6. The minimum atomic E-state index is -4.39. The molecular weight excluding hydrogens is 557 g/mol. The molecule has 0 unspecified atom stereocenters. The molecule has 0 aliphatic heterocycles. The van der Waals surface area contributed by atoms with Crippen LogP contribution in [0.25, 0.3) is 11.3 Å². The minimum absolute atomic E-state index is 0.112. The Morgan fingerprint density at radius 3 is 2.31 bits per heavy atom. The number of rotatable bonds is 7. The van der Waals surface area contributed by atoms with Crippen LogP contribution in [0.2, 0.25) is 5.02 Å². The highest BCUT2D eigenvalue weighted by Crippen LogP contribution is 2.41. The molecule has 218 valence electrons. The maximum Gasteiger partial charge on any atom is 0.408 e. The van der Waals surface area contributed by atoms with Crippen molar-refractivity contribution in [1.29, 1.82) is 0 Å². The Bertz CT molecular complexity index is 1170. The molecule has 39 heavy (non-hydrogen) atoms. The van der Waals surface area contributed by atoms with Crippen LogP contribution in [0.4, 0.5) is 18.9 Å². The summed E-state index contributed by atoms with van der Waals surface area (Å²) in [6.45, 7) is 9.66. The molecule has 0 saturated heterocycles. The molecule has 1 aliphatic rings. The Kier molecular flexibility index (Phi) is 11.4. The lowest BCUT2D eigenvalue weighted by molar-refractivity contribution is -0.138. The first kappa shape index (κ1) is 32.6. The smallest absolute Gasteiger partial charge is 0.408 e. The standard InChI is InChI=1S/C26H36ClF3N4O2.O2S/c1-15-7-9-17(10-8-15)14-31-24(35)22-21(27)23(34(33-22)25(3,4)5)19-12-11-18(13-20(19)36-6)32-16(2)26(28,29)30;1-3-2/h11-13,15-17,32H,7-10,14H2,1-6H3,(H,31,35);/t15?,16-,17?;/m1./s1. The van der Waals surface area contributed by atoms with Crippen molar-refractivity contribution in [1.82, 2.24) is 15.1 Å². The number of methoxy groups -OCH3 is 1. The first-order valence-electron chi connectivity index (χ1n) is 12.6. The van der Waals surface area contributed by atoms with E-state index in [1.165, 1.54) is 19.2 Å². The van der Waals surface area contributed by atoms with Crippen molar-refractivity contribution in [3.63, 3.8) is 0 Å². The number of nitrogens with one attached hydrogen (secondary N) is 2. The maximum absolute atomic E-state index is 13.1. The van der Waals surface area contributed by atoms with E-state index in [9.17, 15) is 18.0 Å². The van der Waals surface area contributed by atoms with E-state index in [-0.39, 0.29) is 22.3 Å². The normalized spacial score (nSPS) is 18.4. The minimum Gasteiger partial charge on any atom is -0.496 e. The number of alkyl halides is 3. The van der Waals surface area contributed by atoms with E-state index in [2.05, 4.69) is 22.7 Å². The van der Waals surface area contributed by atoms with Gasteiger partial charge >= 0.3 is 17.7 Å². The van der Waals surface area contributed by atoms with Gasteiger partial charge in [-0.05, 0) is 64.5 Å². The zero-order chi connectivity index (χ0) is 29.5. The monoisotopic (exact) mass is 592 g/mol. The third-order valence-electron chi connectivity index (χ3n) is 6.70. The van der Waals surface area contributed by atoms with Gasteiger partial charge < -0.3 is 15.4 Å². The van der Waals surface area contributed by atoms with E-state index in [4.69, 9.17) is 24.8 Å². The molecule has 3 rings (SSSR count). The van der Waals surface area contributed by atoms with Gasteiger partial charge in [-0.3, -0.25) is 9.48 Å². The van der Waals surface area contributed by atoms with Gasteiger partial charge in [-0.15, -0.1) is 0 Å². The molecule has 0 spiro atoms. The molecule has 1 aromatic carbocycles. The largest absolute Gasteiger partial charge is 0.496 e. The lowest BCUT2D eigenvalue weighted by Gasteiger charge is -2.26. The molecular formula is C26H36ClF3N4O4S. The molecule has 1 fully saturated rings. The van der Waals surface area contributed by atoms with E-state index >= 15 is 0 Å². The quantitative estimate of drug-likeness (QED) is 0.396. The summed E-state index contributed by atoms with van der Waals surface area (Å²) in [5, 5.41) is 10.2. The van der Waals surface area contributed by atoms with Crippen molar-refractivity contribution in [2.75, 3.05) is 19.0 Å². The molecule has 2 aromatic rings. The predicted octanol–water partition coefficient (Wildman–Crippen LogP) is 6.22. The Hall–Kier alpha value is -2.60. The Balaban J connectivity index is 0.00000170. The molecule has 0 radical (unpaired) electrons. The zero-order valence-corrected chi connectivity index (χ0v) is 24.5. The van der Waals surface area contributed by atoms with Gasteiger partial charge in [0.25, 0.3) is 5.91 Å². The summed E-state index contributed by atoms with van der Waals surface area (Å²) in [6.07, 6.45) is 0.105. The number of anilines is 1. The Morgan fingerprint density at radius 1 is 1.21 bits per heavy atom. The van der Waals surface area contributed by atoms with E-state index < -0.39 is 29.3 Å². The second-order valence-corrected chi connectivity index (χ2v) is 11.3. The summed E-state index contributed by atoms with van der Waals surface area (Å²) in [5.41, 5.74) is 0.811. The average Bonchev–Trinajstić information content (AvgIpc) is 3.20. The molecule has 1 amide bonds. The fraction of sp³-hybridized carbons (Fsp3) is 0.615. The first-order chi connectivity index (χ1) is 18.1. The molecule has 2 N–H and O–H groups in total. The van der Waals surface area contributed by atoms with Crippen LogP contribution in [0.3, 0.4) is 0 Å². The second kappa shape index (κ2) is 13.6. The maximum atomic E-state index is 13.1. The Morgan fingerprint density at radius 2 is 1.79 bits per heavy atom. The fourth-order valence-corrected chi connectivity index (χ4v) is 4.73. The van der Waals surface area contributed by atoms with Crippen LogP contribution < -0.4 is 15.4 Å². The van der Waals surface area contributed by atoms with Crippen LogP contribution in [0.15, 0.2) is 18.2 Å². The number of ether oxygens (including phenoxy) is 1. The highest BCUT2D eigenvalue weighted by Gasteiger charge is 2.36. The van der Waals surface area contributed by atoms with E-state index in [1.54, 1.807) is 10.7 Å². The number of amides is 1. The van der Waals surface area contributed by atoms with Crippen molar-refractivity contribution in [3.05, 3.63) is 28.9 Å². The molecule has 1 aliphatic carbocycles. The molecule has 1 heterocycles. The number of carbonyl (C=O) groups excluding carboxylic acids is 1. The summed E-state index contributed by atoms with van der Waals surface area (Å²) in [5.74, 6) is 1.13. The highest BCUT2D eigenvalue weighted by atomic mass is 35.5. The molecule has 8 nitrogen and oxygen atoms in total. The molecule has 1 saturated carbocycles. The van der Waals surface area contributed by atoms with Gasteiger partial charge in [0, 0.05) is 23.9 Å². The number of aromatic nitrogens is 2. The van der Waals surface area contributed by atoms with Gasteiger partial charge in [-0.2, -0.15) is 26.7 Å². The van der Waals surface area contributed by atoms with Crippen LogP contribution in [0.1, 0.15) is 70.8 Å². The van der Waals surface area contributed by atoms with Crippen LogP contribution in [0.5, 0.6) is 5.75 Å². The number of hydrogen-bond donors (Lipinski definition) is 2. The molecule has 0 bridgehead atoms. The SMILES string of the molecule is COc1cc(N[C@H](C)C(F)(F)F)ccc1-c1c(Cl)c(C(=O)NCC2CCC(C)CC2)nn1C(C)(C)C.O=S=O. The lowest BCUT2D eigenvalue weighted by atomic mass is 9.83. The third kappa shape index (κ3) is 8.69. The lowest BCUT2D eigenvalue weighted by Crippen LogP contribution is -2.33. The molecule has 1 aromatic heterocycles. The van der Waals surface area contributed by atoms with Gasteiger partial charge in [-0.25, -0.2) is 0 Å². The summed E-state index contributed by atoms with van der Waals surface area (Å²) in [7, 11) is 1.43. The predicted molar refractivity (Wildman–Crippen MR) is 146 cm³/mol. The number of nitrogens with zero attached hydrogens (tertiary/aromatic N) is 2. The molecule has 1 atom stereocenters. The highest BCUT2D eigenvalue weighted by molar-refractivity contribution is 7.51. The zero-order valence-electron chi connectivity index (χ0n) is 22.9. The van der Waals surface area contributed by atoms with Gasteiger partial charge in [0.1, 0.15) is 11.8 Å². The van der Waals surface area contributed by atoms with Gasteiger partial charge in [0.15, 0.2) is 5.69 Å². The Labute approximate surface area is 235 Å². The van der Waals surface area contributed by atoms with Crippen LogP contribution in [0, 0.1) is 11.8 Å². The van der Waals surface area contributed by atoms with Crippen molar-refractivity contribution in [2.24, 2.45) is 11.8 Å². The number of carbonyl (C=O) groups is 1. The first-order valence-corrected chi connectivity index (χ1v) is 13.7. The number of halogens is 4. The number of benzene rings is 1. The van der Waals surface area contributed by atoms with Crippen molar-refractivity contribution >= 4 is 34.8 Å². The van der Waals surface area contributed by atoms with Gasteiger partial charge in [-0.1, -0.05) is 31.4 Å². The van der Waals surface area contributed by atoms with Crippen LogP contribution in [-0.4, -0.2) is 50.0 Å². The van der Waals surface area contributed by atoms with Crippen LogP contribution in [-0.2, 0) is 17.1 Å². The molecule has 13 heteroatoms. The van der Waals surface area contributed by atoms with E-state index in [0.29, 0.717) is 29.5 Å². The van der Waals surface area contributed by atoms with Crippen LogP contribution >= 0.6 is 11.6 Å². The van der Waals surface area contributed by atoms with E-state index in [0.717, 1.165) is 38.5 Å². The topological polar surface area (TPSA) is 102 Å². The third-order valence-corrected chi connectivity index (χ3v) is 7.05.